The quantitative estimate of drug-likeness (QED) is 0.494. The van der Waals surface area contributed by atoms with Gasteiger partial charge >= 0.3 is 0 Å². The molecule has 1 heterocycles. The minimum Gasteiger partial charge on any atom is -0.436 e. The van der Waals surface area contributed by atoms with Gasteiger partial charge in [0.05, 0.1) is 4.92 Å². The first-order chi connectivity index (χ1) is 9.97. The van der Waals surface area contributed by atoms with Gasteiger partial charge in [-0.05, 0) is 31.5 Å². The predicted octanol–water partition coefficient (Wildman–Crippen LogP) is 4.78. The van der Waals surface area contributed by atoms with Crippen molar-refractivity contribution in [1.82, 2.24) is 4.98 Å². The van der Waals surface area contributed by atoms with Crippen LogP contribution in [0.2, 0.25) is 0 Å². The van der Waals surface area contributed by atoms with Crippen LogP contribution in [0.3, 0.4) is 0 Å². The fraction of sp³-hybridized carbons (Fsp3) is 0.133. The second kappa shape index (κ2) is 4.96. The van der Waals surface area contributed by atoms with Crippen molar-refractivity contribution < 1.29 is 9.34 Å². The van der Waals surface area contributed by atoms with Crippen LogP contribution in [0, 0.1) is 24.0 Å². The Morgan fingerprint density at radius 3 is 2.76 bits per heavy atom. The molecule has 0 radical (unpaired) electrons. The van der Waals surface area contributed by atoms with E-state index < -0.39 is 4.92 Å². The van der Waals surface area contributed by atoms with Gasteiger partial charge in [-0.25, -0.2) is 4.98 Å². The lowest BCUT2D eigenvalue weighted by molar-refractivity contribution is -0.384. The molecule has 0 unspecified atom stereocenters. The fourth-order valence-corrected chi connectivity index (χ4v) is 2.61. The van der Waals surface area contributed by atoms with E-state index in [1.807, 2.05) is 25.1 Å². The summed E-state index contributed by atoms with van der Waals surface area (Å²) < 4.78 is 6.76. The molecule has 5 nitrogen and oxygen atoms in total. The number of aromatic nitrogens is 1. The first-order valence-electron chi connectivity index (χ1n) is 6.28. The summed E-state index contributed by atoms with van der Waals surface area (Å²) in [7, 11) is 0. The highest BCUT2D eigenvalue weighted by Gasteiger charge is 2.17. The molecule has 106 valence electrons. The van der Waals surface area contributed by atoms with Gasteiger partial charge in [0.1, 0.15) is 5.52 Å². The number of hydrogen-bond donors (Lipinski definition) is 0. The number of nitro benzene ring substituents is 1. The first kappa shape index (κ1) is 13.8. The predicted molar refractivity (Wildman–Crippen MR) is 83.3 cm³/mol. The first-order valence-corrected chi connectivity index (χ1v) is 7.07. The number of aryl methyl sites for hydroxylation is 1. The van der Waals surface area contributed by atoms with E-state index in [9.17, 15) is 10.1 Å². The van der Waals surface area contributed by atoms with E-state index in [4.69, 9.17) is 4.42 Å². The van der Waals surface area contributed by atoms with E-state index in [1.54, 1.807) is 6.92 Å². The Labute approximate surface area is 128 Å². The Morgan fingerprint density at radius 2 is 2.05 bits per heavy atom. The van der Waals surface area contributed by atoms with Crippen LogP contribution in [-0.4, -0.2) is 9.91 Å². The molecule has 2 aromatic carbocycles. The second-order valence-corrected chi connectivity index (χ2v) is 5.65. The topological polar surface area (TPSA) is 69.2 Å². The van der Waals surface area contributed by atoms with Gasteiger partial charge in [-0.3, -0.25) is 10.1 Å². The van der Waals surface area contributed by atoms with Crippen molar-refractivity contribution in [2.75, 3.05) is 0 Å². The van der Waals surface area contributed by atoms with Crippen LogP contribution in [0.4, 0.5) is 5.69 Å². The zero-order valence-electron chi connectivity index (χ0n) is 11.4. The number of fused-ring (bicyclic) bond motifs is 1. The Bertz CT molecular complexity index is 871. The molecule has 0 aliphatic carbocycles. The van der Waals surface area contributed by atoms with Gasteiger partial charge in [-0.2, -0.15) is 0 Å². The summed E-state index contributed by atoms with van der Waals surface area (Å²) in [5, 5.41) is 10.9. The smallest absolute Gasteiger partial charge is 0.272 e. The number of nitrogens with zero attached hydrogens (tertiary/aromatic N) is 2. The molecule has 1 aromatic heterocycles. The van der Waals surface area contributed by atoms with E-state index in [1.165, 1.54) is 12.1 Å². The van der Waals surface area contributed by atoms with Crippen molar-refractivity contribution in [2.45, 2.75) is 13.8 Å². The molecule has 0 saturated heterocycles. The molecule has 3 rings (SSSR count). The third kappa shape index (κ3) is 2.31. The van der Waals surface area contributed by atoms with Crippen molar-refractivity contribution in [3.63, 3.8) is 0 Å². The summed E-state index contributed by atoms with van der Waals surface area (Å²) in [5.74, 6) is 0.465. The normalized spacial score (nSPS) is 11.0. The number of halogens is 1. The van der Waals surface area contributed by atoms with Crippen LogP contribution in [0.5, 0.6) is 0 Å². The van der Waals surface area contributed by atoms with Crippen LogP contribution in [0.25, 0.3) is 22.6 Å². The van der Waals surface area contributed by atoms with Crippen LogP contribution < -0.4 is 0 Å². The maximum absolute atomic E-state index is 10.9. The lowest BCUT2D eigenvalue weighted by Gasteiger charge is -2.02. The van der Waals surface area contributed by atoms with Gasteiger partial charge < -0.3 is 4.42 Å². The van der Waals surface area contributed by atoms with E-state index in [0.717, 1.165) is 15.6 Å². The van der Waals surface area contributed by atoms with Gasteiger partial charge in [0.25, 0.3) is 5.69 Å². The van der Waals surface area contributed by atoms with Crippen LogP contribution in [-0.2, 0) is 0 Å². The van der Waals surface area contributed by atoms with Gasteiger partial charge in [-0.15, -0.1) is 0 Å². The van der Waals surface area contributed by atoms with Crippen molar-refractivity contribution in [3.05, 3.63) is 56.0 Å². The Kier molecular flexibility index (Phi) is 3.25. The van der Waals surface area contributed by atoms with E-state index in [0.29, 0.717) is 22.6 Å². The molecule has 21 heavy (non-hydrogen) atoms. The zero-order valence-corrected chi connectivity index (χ0v) is 13.0. The Hall–Kier alpha value is -2.21. The molecular formula is C15H11BrN2O3. The molecule has 0 spiro atoms. The van der Waals surface area contributed by atoms with Crippen LogP contribution in [0.15, 0.2) is 39.2 Å². The lowest BCUT2D eigenvalue weighted by atomic mass is 10.1. The molecule has 3 aromatic rings. The monoisotopic (exact) mass is 346 g/mol. The zero-order chi connectivity index (χ0) is 15.1. The minimum absolute atomic E-state index is 0.0193. The molecule has 0 atom stereocenters. The summed E-state index contributed by atoms with van der Waals surface area (Å²) in [4.78, 5) is 14.9. The summed E-state index contributed by atoms with van der Waals surface area (Å²) in [6.45, 7) is 3.74. The summed E-state index contributed by atoms with van der Waals surface area (Å²) in [5.41, 5.74) is 3.67. The molecule has 0 bridgehead atoms. The Balaban J connectivity index is 2.24. The maximum Gasteiger partial charge on any atom is 0.272 e. The van der Waals surface area contributed by atoms with E-state index in [-0.39, 0.29) is 5.69 Å². The average Bonchev–Trinajstić information content (AvgIpc) is 2.86. The van der Waals surface area contributed by atoms with E-state index >= 15 is 0 Å². The molecule has 6 heteroatoms. The number of oxazole rings is 1. The highest BCUT2D eigenvalue weighted by Crippen LogP contribution is 2.33. The van der Waals surface area contributed by atoms with Gasteiger partial charge in [-0.1, -0.05) is 22.0 Å². The van der Waals surface area contributed by atoms with Crippen molar-refractivity contribution in [3.8, 4) is 11.5 Å². The van der Waals surface area contributed by atoms with Crippen molar-refractivity contribution >= 4 is 32.7 Å². The average molecular weight is 347 g/mol. The molecular weight excluding hydrogens is 336 g/mol. The molecule has 0 aliphatic heterocycles. The third-order valence-corrected chi connectivity index (χ3v) is 4.23. The maximum atomic E-state index is 10.9. The second-order valence-electron chi connectivity index (χ2n) is 4.80. The summed E-state index contributed by atoms with van der Waals surface area (Å²) in [6.07, 6.45) is 0. The van der Waals surface area contributed by atoms with Crippen molar-refractivity contribution in [1.29, 1.82) is 0 Å². The molecule has 0 fully saturated rings. The lowest BCUT2D eigenvalue weighted by Crippen LogP contribution is -1.88. The highest BCUT2D eigenvalue weighted by molar-refractivity contribution is 9.10. The fourth-order valence-electron chi connectivity index (χ4n) is 2.24. The van der Waals surface area contributed by atoms with Crippen LogP contribution in [0.1, 0.15) is 11.1 Å². The van der Waals surface area contributed by atoms with Gasteiger partial charge in [0.15, 0.2) is 5.58 Å². The number of hydrogen-bond acceptors (Lipinski definition) is 4. The summed E-state index contributed by atoms with van der Waals surface area (Å²) >= 11 is 3.47. The van der Waals surface area contributed by atoms with Gasteiger partial charge in [0.2, 0.25) is 5.89 Å². The standard InChI is InChI=1S/C15H11BrN2O3/c1-8-6-10(18(19)20)7-13-14(8)21-15(17-13)11-4-3-5-12(16)9(11)2/h3-7H,1-2H3. The molecule has 0 saturated carbocycles. The Morgan fingerprint density at radius 1 is 1.29 bits per heavy atom. The number of non-ortho nitro benzene ring substituents is 1. The van der Waals surface area contributed by atoms with Crippen molar-refractivity contribution in [2.24, 2.45) is 0 Å². The molecule has 0 aliphatic rings. The third-order valence-electron chi connectivity index (χ3n) is 3.37. The van der Waals surface area contributed by atoms with E-state index in [2.05, 4.69) is 20.9 Å². The number of benzene rings is 2. The largest absolute Gasteiger partial charge is 0.436 e. The number of rotatable bonds is 2. The molecule has 0 amide bonds. The minimum atomic E-state index is -0.425. The van der Waals surface area contributed by atoms with Crippen LogP contribution >= 0.6 is 15.9 Å². The van der Waals surface area contributed by atoms with Gasteiger partial charge in [0, 0.05) is 27.7 Å². The summed E-state index contributed by atoms with van der Waals surface area (Å²) in [6, 6.07) is 8.68. The highest BCUT2D eigenvalue weighted by atomic mass is 79.9. The number of nitro groups is 1. The molecule has 0 N–H and O–H groups in total. The SMILES string of the molecule is Cc1c(Br)cccc1-c1nc2cc([N+](=O)[O-])cc(C)c2o1.